The molecule has 0 bridgehead atoms. The molecule has 1 heterocycles. The molecule has 3 heteroatoms. The van der Waals surface area contributed by atoms with Gasteiger partial charge in [-0.2, -0.15) is 0 Å². The Hall–Kier alpha value is -3.59. The van der Waals surface area contributed by atoms with Crippen LogP contribution in [0.15, 0.2) is 103 Å². The first-order valence-corrected chi connectivity index (χ1v) is 8.83. The van der Waals surface area contributed by atoms with Crippen LogP contribution in [0.5, 0.6) is 17.4 Å². The van der Waals surface area contributed by atoms with Gasteiger partial charge in [-0.05, 0) is 41.5 Å². The van der Waals surface area contributed by atoms with E-state index in [1.807, 2.05) is 91.1 Å². The largest absolute Gasteiger partial charge is 0.473 e. The van der Waals surface area contributed by atoms with Crippen molar-refractivity contribution in [2.75, 3.05) is 0 Å². The molecule has 0 saturated heterocycles. The predicted molar refractivity (Wildman–Crippen MR) is 107 cm³/mol. The maximum absolute atomic E-state index is 5.86. The molecule has 0 N–H and O–H groups in total. The summed E-state index contributed by atoms with van der Waals surface area (Å²) in [7, 11) is 0. The fourth-order valence-corrected chi connectivity index (χ4v) is 2.75. The Morgan fingerprint density at radius 1 is 0.630 bits per heavy atom. The highest BCUT2D eigenvalue weighted by atomic mass is 16.5. The van der Waals surface area contributed by atoms with E-state index in [9.17, 15) is 0 Å². The Labute approximate surface area is 158 Å². The first-order valence-electron chi connectivity index (χ1n) is 8.83. The van der Waals surface area contributed by atoms with E-state index >= 15 is 0 Å². The van der Waals surface area contributed by atoms with Crippen LogP contribution < -0.4 is 9.47 Å². The van der Waals surface area contributed by atoms with Crippen LogP contribution in [0.2, 0.25) is 0 Å². The van der Waals surface area contributed by atoms with E-state index < -0.39 is 0 Å². The van der Waals surface area contributed by atoms with Crippen molar-refractivity contribution in [1.82, 2.24) is 4.98 Å². The van der Waals surface area contributed by atoms with E-state index in [0.717, 1.165) is 28.2 Å². The molecule has 4 aromatic rings. The maximum Gasteiger partial charge on any atom is 0.213 e. The number of aromatic nitrogens is 1. The molecule has 132 valence electrons. The van der Waals surface area contributed by atoms with Crippen LogP contribution in [-0.4, -0.2) is 4.98 Å². The standard InChI is InChI=1S/C24H19NO2/c1-3-9-20(10-4-1)21-14-15-24(25-17-21)26-18-19-8-7-13-23(16-19)27-22-11-5-2-6-12-22/h1-17H,18H2. The zero-order valence-electron chi connectivity index (χ0n) is 14.8. The number of benzene rings is 3. The van der Waals surface area contributed by atoms with Crippen molar-refractivity contribution in [3.8, 4) is 28.5 Å². The molecule has 4 rings (SSSR count). The van der Waals surface area contributed by atoms with Crippen LogP contribution in [-0.2, 0) is 6.61 Å². The molecule has 1 aromatic heterocycles. The lowest BCUT2D eigenvalue weighted by atomic mass is 10.1. The molecule has 27 heavy (non-hydrogen) atoms. The minimum Gasteiger partial charge on any atom is -0.473 e. The summed E-state index contributed by atoms with van der Waals surface area (Å²) in [6.07, 6.45) is 1.83. The van der Waals surface area contributed by atoms with Crippen molar-refractivity contribution in [3.05, 3.63) is 109 Å². The second kappa shape index (κ2) is 8.19. The number of pyridine rings is 1. The van der Waals surface area contributed by atoms with Crippen molar-refractivity contribution in [3.63, 3.8) is 0 Å². The summed E-state index contributed by atoms with van der Waals surface area (Å²) in [5.74, 6) is 2.20. The van der Waals surface area contributed by atoms with Crippen LogP contribution in [0.3, 0.4) is 0 Å². The average Bonchev–Trinajstić information content (AvgIpc) is 2.74. The molecular weight excluding hydrogens is 334 g/mol. The molecule has 0 saturated carbocycles. The second-order valence-electron chi connectivity index (χ2n) is 6.10. The third kappa shape index (κ3) is 4.53. The van der Waals surface area contributed by atoms with Crippen LogP contribution in [0.25, 0.3) is 11.1 Å². The highest BCUT2D eigenvalue weighted by molar-refractivity contribution is 5.62. The van der Waals surface area contributed by atoms with Gasteiger partial charge >= 0.3 is 0 Å². The lowest BCUT2D eigenvalue weighted by molar-refractivity contribution is 0.293. The maximum atomic E-state index is 5.86. The number of ether oxygens (including phenoxy) is 2. The Morgan fingerprint density at radius 2 is 1.37 bits per heavy atom. The SMILES string of the molecule is c1ccc(Oc2cccc(COc3ccc(-c4ccccc4)cn3)c2)cc1. The zero-order valence-corrected chi connectivity index (χ0v) is 14.8. The smallest absolute Gasteiger partial charge is 0.213 e. The molecule has 0 unspecified atom stereocenters. The van der Waals surface area contributed by atoms with Gasteiger partial charge in [-0.3, -0.25) is 0 Å². The molecule has 0 spiro atoms. The van der Waals surface area contributed by atoms with Crippen LogP contribution >= 0.6 is 0 Å². The minimum absolute atomic E-state index is 0.434. The Kier molecular flexibility index (Phi) is 5.11. The van der Waals surface area contributed by atoms with Gasteiger partial charge in [0.25, 0.3) is 0 Å². The van der Waals surface area contributed by atoms with Gasteiger partial charge in [0.05, 0.1) is 0 Å². The van der Waals surface area contributed by atoms with Crippen LogP contribution in [0, 0.1) is 0 Å². The first-order chi connectivity index (χ1) is 13.4. The average molecular weight is 353 g/mol. The van der Waals surface area contributed by atoms with Crippen molar-refractivity contribution in [1.29, 1.82) is 0 Å². The van der Waals surface area contributed by atoms with Gasteiger partial charge in [-0.1, -0.05) is 60.7 Å². The molecular formula is C24H19NO2. The van der Waals surface area contributed by atoms with E-state index in [1.165, 1.54) is 0 Å². The van der Waals surface area contributed by atoms with E-state index in [2.05, 4.69) is 17.1 Å². The number of nitrogens with zero attached hydrogens (tertiary/aromatic N) is 1. The fourth-order valence-electron chi connectivity index (χ4n) is 2.75. The molecule has 0 radical (unpaired) electrons. The Bertz CT molecular complexity index is 984. The van der Waals surface area contributed by atoms with Gasteiger partial charge in [-0.25, -0.2) is 4.98 Å². The summed E-state index contributed by atoms with van der Waals surface area (Å²) in [5, 5.41) is 0. The lowest BCUT2D eigenvalue weighted by Crippen LogP contribution is -1.97. The monoisotopic (exact) mass is 353 g/mol. The summed E-state index contributed by atoms with van der Waals surface area (Å²) >= 11 is 0. The van der Waals surface area contributed by atoms with Crippen molar-refractivity contribution in [2.45, 2.75) is 6.61 Å². The number of hydrogen-bond acceptors (Lipinski definition) is 3. The fraction of sp³-hybridized carbons (Fsp3) is 0.0417. The van der Waals surface area contributed by atoms with Crippen LogP contribution in [0.4, 0.5) is 0 Å². The van der Waals surface area contributed by atoms with Gasteiger partial charge < -0.3 is 9.47 Å². The number of para-hydroxylation sites is 1. The molecule has 3 nitrogen and oxygen atoms in total. The molecule has 3 aromatic carbocycles. The molecule has 0 aliphatic carbocycles. The van der Waals surface area contributed by atoms with Gasteiger partial charge in [0.15, 0.2) is 0 Å². The highest BCUT2D eigenvalue weighted by Crippen LogP contribution is 2.23. The molecule has 0 amide bonds. The molecule has 0 fully saturated rings. The predicted octanol–water partition coefficient (Wildman–Crippen LogP) is 6.12. The topological polar surface area (TPSA) is 31.4 Å². The summed E-state index contributed by atoms with van der Waals surface area (Å²) in [4.78, 5) is 4.41. The van der Waals surface area contributed by atoms with Crippen molar-refractivity contribution in [2.24, 2.45) is 0 Å². The van der Waals surface area contributed by atoms with E-state index in [1.54, 1.807) is 0 Å². The summed E-state index contributed by atoms with van der Waals surface area (Å²) in [5.41, 5.74) is 3.24. The van der Waals surface area contributed by atoms with Crippen molar-refractivity contribution < 1.29 is 9.47 Å². The molecule has 0 aliphatic rings. The number of rotatable bonds is 6. The zero-order chi connectivity index (χ0) is 18.3. The first kappa shape index (κ1) is 16.9. The highest BCUT2D eigenvalue weighted by Gasteiger charge is 2.02. The lowest BCUT2D eigenvalue weighted by Gasteiger charge is -2.09. The van der Waals surface area contributed by atoms with E-state index in [4.69, 9.17) is 9.47 Å². The van der Waals surface area contributed by atoms with Crippen LogP contribution in [0.1, 0.15) is 5.56 Å². The summed E-state index contributed by atoms with van der Waals surface area (Å²) in [6.45, 7) is 0.434. The van der Waals surface area contributed by atoms with Gasteiger partial charge in [0.2, 0.25) is 5.88 Å². The van der Waals surface area contributed by atoms with Crippen molar-refractivity contribution >= 4 is 0 Å². The van der Waals surface area contributed by atoms with E-state index in [0.29, 0.717) is 12.5 Å². The number of hydrogen-bond donors (Lipinski definition) is 0. The quantitative estimate of drug-likeness (QED) is 0.418. The Morgan fingerprint density at radius 3 is 2.11 bits per heavy atom. The van der Waals surface area contributed by atoms with E-state index in [-0.39, 0.29) is 0 Å². The minimum atomic E-state index is 0.434. The third-order valence-corrected chi connectivity index (χ3v) is 4.11. The normalized spacial score (nSPS) is 10.4. The molecule has 0 aliphatic heterocycles. The summed E-state index contributed by atoms with van der Waals surface area (Å²) in [6, 6.07) is 31.7. The Balaban J connectivity index is 1.39. The third-order valence-electron chi connectivity index (χ3n) is 4.11. The van der Waals surface area contributed by atoms with Gasteiger partial charge in [0, 0.05) is 17.8 Å². The van der Waals surface area contributed by atoms with Gasteiger partial charge in [0.1, 0.15) is 18.1 Å². The summed E-state index contributed by atoms with van der Waals surface area (Å²) < 4.78 is 11.7. The molecule has 0 atom stereocenters. The second-order valence-corrected chi connectivity index (χ2v) is 6.10. The van der Waals surface area contributed by atoms with Gasteiger partial charge in [-0.15, -0.1) is 0 Å².